The minimum Gasteiger partial charge on any atom is -0.469 e. The molecule has 0 atom stereocenters. The number of rotatable bonds is 9. The summed E-state index contributed by atoms with van der Waals surface area (Å²) >= 11 is 1.76. The molecule has 0 spiro atoms. The number of hydrogen-bond donors (Lipinski definition) is 2. The van der Waals surface area contributed by atoms with Gasteiger partial charge in [0.05, 0.1) is 12.8 Å². The lowest BCUT2D eigenvalue weighted by Crippen LogP contribution is -2.39. The molecule has 0 radical (unpaired) electrons. The molecular formula is C18H24FN3OS. The van der Waals surface area contributed by atoms with Crippen LogP contribution in [0.4, 0.5) is 4.39 Å². The van der Waals surface area contributed by atoms with Crippen molar-refractivity contribution in [2.75, 3.05) is 31.6 Å². The van der Waals surface area contributed by atoms with E-state index in [4.69, 9.17) is 4.42 Å². The molecule has 2 N–H and O–H groups in total. The average Bonchev–Trinajstić information content (AvgIpc) is 3.10. The number of aliphatic imine (C=N–C) groups is 1. The normalized spacial score (nSPS) is 11.5. The van der Waals surface area contributed by atoms with Gasteiger partial charge in [-0.05, 0) is 36.4 Å². The van der Waals surface area contributed by atoms with Gasteiger partial charge in [-0.1, -0.05) is 18.2 Å². The molecule has 0 fully saturated rings. The molecule has 0 aliphatic carbocycles. The smallest absolute Gasteiger partial charge is 0.191 e. The van der Waals surface area contributed by atoms with E-state index in [1.54, 1.807) is 24.1 Å². The predicted molar refractivity (Wildman–Crippen MR) is 99.2 cm³/mol. The number of thioether (sulfide) groups is 1. The maximum Gasteiger partial charge on any atom is 0.191 e. The van der Waals surface area contributed by atoms with Crippen LogP contribution >= 0.6 is 11.8 Å². The third-order valence-electron chi connectivity index (χ3n) is 3.45. The second-order valence-corrected chi connectivity index (χ2v) is 6.23. The van der Waals surface area contributed by atoms with Gasteiger partial charge in [0.15, 0.2) is 5.96 Å². The molecule has 130 valence electrons. The molecular weight excluding hydrogens is 325 g/mol. The van der Waals surface area contributed by atoms with Crippen molar-refractivity contribution in [2.24, 2.45) is 4.99 Å². The van der Waals surface area contributed by atoms with E-state index in [2.05, 4.69) is 21.9 Å². The van der Waals surface area contributed by atoms with E-state index in [1.807, 2.05) is 24.3 Å². The highest BCUT2D eigenvalue weighted by Crippen LogP contribution is 2.06. The Morgan fingerprint density at radius 1 is 1.12 bits per heavy atom. The van der Waals surface area contributed by atoms with Gasteiger partial charge >= 0.3 is 0 Å². The summed E-state index contributed by atoms with van der Waals surface area (Å²) < 4.78 is 19.0. The van der Waals surface area contributed by atoms with Crippen LogP contribution in [0, 0.1) is 5.82 Å². The predicted octanol–water partition coefficient (Wildman–Crippen LogP) is 3.10. The number of furan rings is 1. The maximum atomic E-state index is 13.6. The van der Waals surface area contributed by atoms with Crippen LogP contribution in [0.15, 0.2) is 52.1 Å². The first kappa shape index (κ1) is 18.4. The van der Waals surface area contributed by atoms with E-state index in [9.17, 15) is 4.39 Å². The number of nitrogens with zero attached hydrogens (tertiary/aromatic N) is 1. The first-order valence-corrected chi connectivity index (χ1v) is 9.46. The fourth-order valence-electron chi connectivity index (χ4n) is 2.20. The van der Waals surface area contributed by atoms with Crippen LogP contribution in [0.3, 0.4) is 0 Å². The van der Waals surface area contributed by atoms with Gasteiger partial charge in [-0.3, -0.25) is 4.99 Å². The van der Waals surface area contributed by atoms with Gasteiger partial charge in [-0.25, -0.2) is 4.39 Å². The minimum absolute atomic E-state index is 0.161. The molecule has 0 saturated carbocycles. The zero-order chi connectivity index (χ0) is 17.0. The van der Waals surface area contributed by atoms with Gasteiger partial charge in [-0.15, -0.1) is 0 Å². The van der Waals surface area contributed by atoms with Crippen LogP contribution in [0.1, 0.15) is 11.3 Å². The number of benzene rings is 1. The second-order valence-electron chi connectivity index (χ2n) is 5.25. The fraction of sp³-hybridized carbons (Fsp3) is 0.389. The standard InChI is InChI=1S/C18H24FN3OS/c1-24-14-12-22-18(21-11-9-16-6-4-13-23-16)20-10-8-15-5-2-3-7-17(15)19/h2-7,13H,8-12,14H2,1H3,(H2,20,21,22). The summed E-state index contributed by atoms with van der Waals surface area (Å²) in [6.07, 6.45) is 5.15. The third kappa shape index (κ3) is 6.66. The SMILES string of the molecule is CSCCN=C(NCCc1ccco1)NCCc1ccccc1F. The van der Waals surface area contributed by atoms with E-state index in [0.29, 0.717) is 18.5 Å². The molecule has 2 aromatic rings. The zero-order valence-electron chi connectivity index (χ0n) is 13.9. The summed E-state index contributed by atoms with van der Waals surface area (Å²) in [4.78, 5) is 4.54. The summed E-state index contributed by atoms with van der Waals surface area (Å²) in [5, 5.41) is 6.56. The molecule has 0 amide bonds. The Balaban J connectivity index is 1.79. The Morgan fingerprint density at radius 2 is 1.92 bits per heavy atom. The number of halogens is 1. The van der Waals surface area contributed by atoms with Gasteiger partial charge in [0.1, 0.15) is 11.6 Å². The molecule has 0 aliphatic rings. The van der Waals surface area contributed by atoms with Crippen molar-refractivity contribution in [3.8, 4) is 0 Å². The van der Waals surface area contributed by atoms with Crippen LogP contribution < -0.4 is 10.6 Å². The summed E-state index contributed by atoms with van der Waals surface area (Å²) in [5.41, 5.74) is 0.712. The lowest BCUT2D eigenvalue weighted by atomic mass is 10.1. The summed E-state index contributed by atoms with van der Waals surface area (Å²) in [5.74, 6) is 2.51. The monoisotopic (exact) mass is 349 g/mol. The Kier molecular flexibility index (Phi) is 8.24. The van der Waals surface area contributed by atoms with Crippen molar-refractivity contribution in [2.45, 2.75) is 12.8 Å². The van der Waals surface area contributed by atoms with Gasteiger partial charge in [-0.2, -0.15) is 11.8 Å². The fourth-order valence-corrected chi connectivity index (χ4v) is 2.47. The van der Waals surface area contributed by atoms with Crippen molar-refractivity contribution < 1.29 is 8.81 Å². The van der Waals surface area contributed by atoms with Crippen molar-refractivity contribution in [1.82, 2.24) is 10.6 Å². The van der Waals surface area contributed by atoms with E-state index in [0.717, 1.165) is 37.0 Å². The Labute approximate surface area is 146 Å². The topological polar surface area (TPSA) is 49.6 Å². The Bertz CT molecular complexity index is 616. The quantitative estimate of drug-likeness (QED) is 0.415. The molecule has 1 heterocycles. The molecule has 0 saturated heterocycles. The average molecular weight is 349 g/mol. The Hall–Kier alpha value is -1.95. The molecule has 6 heteroatoms. The molecule has 2 rings (SSSR count). The van der Waals surface area contributed by atoms with Crippen LogP contribution in [0.2, 0.25) is 0 Å². The molecule has 0 unspecified atom stereocenters. The number of hydrogen-bond acceptors (Lipinski definition) is 3. The van der Waals surface area contributed by atoms with E-state index in [1.165, 1.54) is 6.07 Å². The molecule has 0 bridgehead atoms. The largest absolute Gasteiger partial charge is 0.469 e. The third-order valence-corrected chi connectivity index (χ3v) is 4.04. The van der Waals surface area contributed by atoms with Crippen LogP contribution in [0.5, 0.6) is 0 Å². The summed E-state index contributed by atoms with van der Waals surface area (Å²) in [6, 6.07) is 10.7. The van der Waals surface area contributed by atoms with Crippen LogP contribution in [-0.4, -0.2) is 37.6 Å². The highest BCUT2D eigenvalue weighted by molar-refractivity contribution is 7.98. The first-order valence-electron chi connectivity index (χ1n) is 8.06. The van der Waals surface area contributed by atoms with E-state index < -0.39 is 0 Å². The minimum atomic E-state index is -0.161. The zero-order valence-corrected chi connectivity index (χ0v) is 14.7. The maximum absolute atomic E-state index is 13.6. The first-order chi connectivity index (χ1) is 11.8. The number of nitrogens with one attached hydrogen (secondary N) is 2. The van der Waals surface area contributed by atoms with Gasteiger partial charge < -0.3 is 15.1 Å². The molecule has 4 nitrogen and oxygen atoms in total. The van der Waals surface area contributed by atoms with E-state index in [-0.39, 0.29) is 5.82 Å². The summed E-state index contributed by atoms with van der Waals surface area (Å²) in [6.45, 7) is 2.11. The van der Waals surface area contributed by atoms with Crippen molar-refractivity contribution in [1.29, 1.82) is 0 Å². The van der Waals surface area contributed by atoms with Crippen LogP contribution in [-0.2, 0) is 12.8 Å². The lowest BCUT2D eigenvalue weighted by Gasteiger charge is -2.12. The van der Waals surface area contributed by atoms with E-state index >= 15 is 0 Å². The number of guanidine groups is 1. The molecule has 24 heavy (non-hydrogen) atoms. The highest BCUT2D eigenvalue weighted by Gasteiger charge is 2.03. The van der Waals surface area contributed by atoms with Crippen molar-refractivity contribution >= 4 is 17.7 Å². The van der Waals surface area contributed by atoms with Gasteiger partial charge in [0, 0.05) is 25.3 Å². The van der Waals surface area contributed by atoms with Crippen molar-refractivity contribution in [3.63, 3.8) is 0 Å². The Morgan fingerprint density at radius 3 is 2.62 bits per heavy atom. The highest BCUT2D eigenvalue weighted by atomic mass is 32.2. The van der Waals surface area contributed by atoms with Crippen molar-refractivity contribution in [3.05, 3.63) is 59.8 Å². The second kappa shape index (κ2) is 10.8. The van der Waals surface area contributed by atoms with Gasteiger partial charge in [0.25, 0.3) is 0 Å². The molecule has 1 aromatic heterocycles. The molecule has 1 aromatic carbocycles. The lowest BCUT2D eigenvalue weighted by molar-refractivity contribution is 0.506. The van der Waals surface area contributed by atoms with Gasteiger partial charge in [0.2, 0.25) is 0 Å². The van der Waals surface area contributed by atoms with Crippen LogP contribution in [0.25, 0.3) is 0 Å². The summed E-state index contributed by atoms with van der Waals surface area (Å²) in [7, 11) is 0. The molecule has 0 aliphatic heterocycles.